The van der Waals surface area contributed by atoms with E-state index in [0.717, 1.165) is 21.9 Å². The Morgan fingerprint density at radius 3 is 2.10 bits per heavy atom. The van der Waals surface area contributed by atoms with Gasteiger partial charge in [-0.2, -0.15) is 0 Å². The quantitative estimate of drug-likeness (QED) is 0.309. The third-order valence-electron chi connectivity index (χ3n) is 6.64. The molecule has 0 aliphatic carbocycles. The lowest BCUT2D eigenvalue weighted by atomic mass is 10.1. The molecule has 3 aromatic rings. The van der Waals surface area contributed by atoms with Gasteiger partial charge in [-0.05, 0) is 62.1 Å². The Labute approximate surface area is 236 Å². The third-order valence-corrected chi connectivity index (χ3v) is 8.83. The number of hydrogen-bond donors (Lipinski definition) is 1. The van der Waals surface area contributed by atoms with Gasteiger partial charge in [0, 0.05) is 17.6 Å². The number of amides is 2. The first kappa shape index (κ1) is 30.2. The van der Waals surface area contributed by atoms with E-state index in [-0.39, 0.29) is 29.1 Å². The lowest BCUT2D eigenvalue weighted by Gasteiger charge is -2.33. The topological polar surface area (TPSA) is 86.8 Å². The second-order valence-electron chi connectivity index (χ2n) is 9.51. The van der Waals surface area contributed by atoms with Crippen LogP contribution in [0.4, 0.5) is 5.69 Å². The molecule has 2 atom stereocenters. The van der Waals surface area contributed by atoms with Crippen LogP contribution in [-0.4, -0.2) is 43.8 Å². The van der Waals surface area contributed by atoms with Crippen LogP contribution in [0.15, 0.2) is 83.8 Å². The van der Waals surface area contributed by atoms with E-state index in [4.69, 9.17) is 11.6 Å². The molecule has 0 aliphatic heterocycles. The third kappa shape index (κ3) is 7.61. The molecule has 0 aromatic heterocycles. The molecule has 7 nitrogen and oxygen atoms in total. The molecule has 9 heteroatoms. The van der Waals surface area contributed by atoms with Crippen LogP contribution in [0, 0.1) is 6.92 Å². The molecule has 39 heavy (non-hydrogen) atoms. The Hall–Kier alpha value is -3.36. The molecule has 0 saturated carbocycles. The van der Waals surface area contributed by atoms with Crippen molar-refractivity contribution in [2.24, 2.45) is 0 Å². The molecule has 208 valence electrons. The second kappa shape index (κ2) is 13.6. The van der Waals surface area contributed by atoms with E-state index in [2.05, 4.69) is 5.32 Å². The fraction of sp³-hybridized carbons (Fsp3) is 0.333. The van der Waals surface area contributed by atoms with Crippen molar-refractivity contribution in [3.05, 3.63) is 95.0 Å². The fourth-order valence-corrected chi connectivity index (χ4v) is 5.73. The normalized spacial score (nSPS) is 12.8. The minimum Gasteiger partial charge on any atom is -0.352 e. The lowest BCUT2D eigenvalue weighted by molar-refractivity contribution is -0.140. The Morgan fingerprint density at radius 2 is 1.54 bits per heavy atom. The number of anilines is 1. The minimum absolute atomic E-state index is 0.0469. The average Bonchev–Trinajstić information content (AvgIpc) is 2.93. The van der Waals surface area contributed by atoms with Gasteiger partial charge in [-0.25, -0.2) is 8.42 Å². The molecule has 3 rings (SSSR count). The number of carbonyl (C=O) groups is 2. The smallest absolute Gasteiger partial charge is 0.264 e. The monoisotopic (exact) mass is 569 g/mol. The zero-order chi connectivity index (χ0) is 28.6. The van der Waals surface area contributed by atoms with E-state index >= 15 is 0 Å². The largest absolute Gasteiger partial charge is 0.352 e. The molecule has 0 heterocycles. The van der Waals surface area contributed by atoms with E-state index in [1.807, 2.05) is 58.0 Å². The van der Waals surface area contributed by atoms with E-state index in [1.165, 1.54) is 17.0 Å². The number of carbonyl (C=O) groups excluding carboxylic acids is 2. The molecule has 0 unspecified atom stereocenters. The SMILES string of the molecule is CC[C@H](C(=O)N[C@@H](C)CC)N(Cc1ccccc1)C(=O)CN(c1ccc(C)c(Cl)c1)S(=O)(=O)c1ccccc1. The summed E-state index contributed by atoms with van der Waals surface area (Å²) in [7, 11) is -4.13. The van der Waals surface area contributed by atoms with Crippen molar-refractivity contribution in [1.82, 2.24) is 10.2 Å². The molecule has 2 amide bonds. The Morgan fingerprint density at radius 1 is 0.923 bits per heavy atom. The maximum atomic E-state index is 14.0. The van der Waals surface area contributed by atoms with Crippen molar-refractivity contribution in [3.63, 3.8) is 0 Å². The first-order chi connectivity index (χ1) is 18.6. The van der Waals surface area contributed by atoms with Crippen LogP contribution in [0.5, 0.6) is 0 Å². The van der Waals surface area contributed by atoms with E-state index in [0.29, 0.717) is 11.4 Å². The van der Waals surface area contributed by atoms with Gasteiger partial charge in [0.15, 0.2) is 0 Å². The molecule has 0 bridgehead atoms. The number of hydrogen-bond acceptors (Lipinski definition) is 4. The van der Waals surface area contributed by atoms with Crippen LogP contribution in [0.2, 0.25) is 5.02 Å². The lowest BCUT2D eigenvalue weighted by Crippen LogP contribution is -2.53. The van der Waals surface area contributed by atoms with Gasteiger partial charge < -0.3 is 10.2 Å². The van der Waals surface area contributed by atoms with Crippen molar-refractivity contribution < 1.29 is 18.0 Å². The van der Waals surface area contributed by atoms with Crippen molar-refractivity contribution >= 4 is 39.1 Å². The number of nitrogens with zero attached hydrogens (tertiary/aromatic N) is 2. The highest BCUT2D eigenvalue weighted by Crippen LogP contribution is 2.28. The summed E-state index contributed by atoms with van der Waals surface area (Å²) >= 11 is 6.37. The highest BCUT2D eigenvalue weighted by atomic mass is 35.5. The van der Waals surface area contributed by atoms with Crippen molar-refractivity contribution in [2.45, 2.75) is 64.1 Å². The molecule has 0 fully saturated rings. The number of rotatable bonds is 12. The maximum Gasteiger partial charge on any atom is 0.264 e. The van der Waals surface area contributed by atoms with Crippen LogP contribution in [0.3, 0.4) is 0 Å². The van der Waals surface area contributed by atoms with Crippen LogP contribution < -0.4 is 9.62 Å². The van der Waals surface area contributed by atoms with Gasteiger partial charge in [-0.15, -0.1) is 0 Å². The summed E-state index contributed by atoms with van der Waals surface area (Å²) in [6, 6.07) is 21.3. The Bertz CT molecular complexity index is 1370. The van der Waals surface area contributed by atoms with E-state index in [9.17, 15) is 18.0 Å². The zero-order valence-electron chi connectivity index (χ0n) is 22.8. The van der Waals surface area contributed by atoms with Gasteiger partial charge in [0.25, 0.3) is 10.0 Å². The summed E-state index contributed by atoms with van der Waals surface area (Å²) < 4.78 is 28.7. The highest BCUT2D eigenvalue weighted by Gasteiger charge is 2.34. The first-order valence-corrected chi connectivity index (χ1v) is 14.9. The number of halogens is 1. The first-order valence-electron chi connectivity index (χ1n) is 13.1. The van der Waals surface area contributed by atoms with Gasteiger partial charge in [0.1, 0.15) is 12.6 Å². The Balaban J connectivity index is 2.06. The van der Waals surface area contributed by atoms with Crippen molar-refractivity contribution in [1.29, 1.82) is 0 Å². The van der Waals surface area contributed by atoms with Crippen LogP contribution in [0.25, 0.3) is 0 Å². The van der Waals surface area contributed by atoms with Crippen LogP contribution in [0.1, 0.15) is 44.7 Å². The summed E-state index contributed by atoms with van der Waals surface area (Å²) in [5, 5.41) is 3.36. The van der Waals surface area contributed by atoms with Crippen LogP contribution in [-0.2, 0) is 26.2 Å². The van der Waals surface area contributed by atoms with E-state index in [1.54, 1.807) is 36.4 Å². The predicted octanol–water partition coefficient (Wildman–Crippen LogP) is 5.57. The zero-order valence-corrected chi connectivity index (χ0v) is 24.4. The second-order valence-corrected chi connectivity index (χ2v) is 11.8. The molecule has 0 spiro atoms. The molecular formula is C30H36ClN3O4S. The molecule has 1 N–H and O–H groups in total. The highest BCUT2D eigenvalue weighted by molar-refractivity contribution is 7.92. The average molecular weight is 570 g/mol. The number of sulfonamides is 1. The van der Waals surface area contributed by atoms with Gasteiger partial charge in [-0.3, -0.25) is 13.9 Å². The fourth-order valence-electron chi connectivity index (χ4n) is 4.13. The Kier molecular flexibility index (Phi) is 10.5. The van der Waals surface area contributed by atoms with Crippen molar-refractivity contribution in [3.8, 4) is 0 Å². The minimum atomic E-state index is -4.13. The van der Waals surface area contributed by atoms with Gasteiger partial charge in [-0.1, -0.05) is 80.0 Å². The van der Waals surface area contributed by atoms with E-state index < -0.39 is 28.5 Å². The summed E-state index contributed by atoms with van der Waals surface area (Å²) in [6.07, 6.45) is 1.11. The summed E-state index contributed by atoms with van der Waals surface area (Å²) in [4.78, 5) is 28.8. The summed E-state index contributed by atoms with van der Waals surface area (Å²) in [5.74, 6) is -0.770. The molecular weight excluding hydrogens is 534 g/mol. The number of nitrogens with one attached hydrogen (secondary N) is 1. The molecule has 3 aromatic carbocycles. The standard InChI is InChI=1S/C30H36ClN3O4S/c1-5-23(4)32-30(36)28(6-2)33(20-24-13-9-7-10-14-24)29(35)21-34(25-18-17-22(3)27(31)19-25)39(37,38)26-15-11-8-12-16-26/h7-19,23,28H,5-6,20-21H2,1-4H3,(H,32,36)/t23-,28+/m0/s1. The van der Waals surface area contributed by atoms with Gasteiger partial charge in [0.2, 0.25) is 11.8 Å². The molecule has 0 radical (unpaired) electrons. The predicted molar refractivity (Wildman–Crippen MR) is 156 cm³/mol. The molecule has 0 aliphatic rings. The number of aryl methyl sites for hydroxylation is 1. The van der Waals surface area contributed by atoms with Gasteiger partial charge >= 0.3 is 0 Å². The molecule has 0 saturated heterocycles. The maximum absolute atomic E-state index is 14.0. The summed E-state index contributed by atoms with van der Waals surface area (Å²) in [5.41, 5.74) is 1.87. The number of benzene rings is 3. The summed E-state index contributed by atoms with van der Waals surface area (Å²) in [6.45, 7) is 7.18. The van der Waals surface area contributed by atoms with Gasteiger partial charge in [0.05, 0.1) is 10.6 Å². The van der Waals surface area contributed by atoms with Crippen LogP contribution >= 0.6 is 11.6 Å². The van der Waals surface area contributed by atoms with Crippen molar-refractivity contribution in [2.75, 3.05) is 10.8 Å².